The van der Waals surface area contributed by atoms with Crippen LogP contribution in [0.3, 0.4) is 0 Å². The molecule has 0 saturated carbocycles. The van der Waals surface area contributed by atoms with Crippen LogP contribution >= 0.6 is 24.2 Å². The van der Waals surface area contributed by atoms with Crippen molar-refractivity contribution < 1.29 is 9.59 Å². The first-order valence-corrected chi connectivity index (χ1v) is 5.79. The quantitative estimate of drug-likeness (QED) is 0.630. The first kappa shape index (κ1) is 12.6. The van der Waals surface area contributed by atoms with Crippen molar-refractivity contribution in [3.8, 4) is 0 Å². The van der Waals surface area contributed by atoms with Crippen LogP contribution in [0.4, 0.5) is 0 Å². The van der Waals surface area contributed by atoms with Gasteiger partial charge in [0.15, 0.2) is 0 Å². The summed E-state index contributed by atoms with van der Waals surface area (Å²) in [5.74, 6) is 1.65. The van der Waals surface area contributed by atoms with Crippen molar-refractivity contribution in [1.29, 1.82) is 0 Å². The topological polar surface area (TPSA) is 61.4 Å². The molecule has 2 fully saturated rings. The lowest BCUT2D eigenvalue weighted by molar-refractivity contribution is -0.139. The van der Waals surface area contributed by atoms with Gasteiger partial charge in [-0.3, -0.25) is 14.9 Å². The van der Waals surface area contributed by atoms with E-state index in [1.165, 1.54) is 0 Å². The lowest BCUT2D eigenvalue weighted by Gasteiger charge is -2.28. The minimum absolute atomic E-state index is 0. The second-order valence-electron chi connectivity index (χ2n) is 3.38. The average Bonchev–Trinajstić information content (AvgIpc) is 2.69. The molecule has 2 heterocycles. The van der Waals surface area contributed by atoms with Crippen molar-refractivity contribution in [3.63, 3.8) is 0 Å². The number of thioether (sulfide) groups is 1. The number of hydrogen-bond acceptors (Lipinski definition) is 4. The Morgan fingerprint density at radius 2 is 2.33 bits per heavy atom. The van der Waals surface area contributed by atoms with Crippen LogP contribution in [0.2, 0.25) is 0 Å². The molecular formula is C8H14ClN3O2S. The van der Waals surface area contributed by atoms with Gasteiger partial charge in [0.2, 0.25) is 11.8 Å². The van der Waals surface area contributed by atoms with E-state index in [1.54, 1.807) is 16.7 Å². The third-order valence-electron chi connectivity index (χ3n) is 2.36. The molecule has 2 N–H and O–H groups in total. The van der Waals surface area contributed by atoms with E-state index < -0.39 is 0 Å². The maximum atomic E-state index is 11.8. The Morgan fingerprint density at radius 3 is 2.93 bits per heavy atom. The Kier molecular flexibility index (Phi) is 4.69. The van der Waals surface area contributed by atoms with E-state index in [1.807, 2.05) is 0 Å². The number of piperazine rings is 1. The van der Waals surface area contributed by atoms with Gasteiger partial charge in [-0.2, -0.15) is 0 Å². The fourth-order valence-corrected chi connectivity index (χ4v) is 2.53. The summed E-state index contributed by atoms with van der Waals surface area (Å²) in [6, 6.07) is -0.0918. The molecule has 15 heavy (non-hydrogen) atoms. The maximum absolute atomic E-state index is 11.8. The Bertz CT molecular complexity index is 258. The monoisotopic (exact) mass is 251 g/mol. The number of halogens is 1. The second kappa shape index (κ2) is 5.58. The van der Waals surface area contributed by atoms with Gasteiger partial charge in [0.05, 0.1) is 12.6 Å². The van der Waals surface area contributed by atoms with E-state index in [0.29, 0.717) is 13.1 Å². The highest BCUT2D eigenvalue weighted by Crippen LogP contribution is 2.12. The van der Waals surface area contributed by atoms with Crippen molar-refractivity contribution in [3.05, 3.63) is 0 Å². The van der Waals surface area contributed by atoms with Crippen LogP contribution < -0.4 is 10.6 Å². The van der Waals surface area contributed by atoms with E-state index in [0.717, 1.165) is 11.6 Å². The van der Waals surface area contributed by atoms with Gasteiger partial charge < -0.3 is 10.2 Å². The number of nitrogens with one attached hydrogen (secondary N) is 2. The van der Waals surface area contributed by atoms with Crippen LogP contribution in [-0.4, -0.2) is 54.0 Å². The van der Waals surface area contributed by atoms with Crippen molar-refractivity contribution in [1.82, 2.24) is 15.5 Å². The zero-order valence-corrected chi connectivity index (χ0v) is 9.83. The summed E-state index contributed by atoms with van der Waals surface area (Å²) < 4.78 is 0. The van der Waals surface area contributed by atoms with Crippen LogP contribution in [-0.2, 0) is 9.59 Å². The summed E-state index contributed by atoms with van der Waals surface area (Å²) >= 11 is 1.72. The van der Waals surface area contributed by atoms with Gasteiger partial charge in [0.1, 0.15) is 0 Å². The van der Waals surface area contributed by atoms with Gasteiger partial charge in [0.25, 0.3) is 0 Å². The SMILES string of the molecule is Cl.O=C1CN(C(=O)C2CSCN2)CCN1. The molecule has 2 saturated heterocycles. The highest BCUT2D eigenvalue weighted by molar-refractivity contribution is 7.99. The molecule has 2 aliphatic heterocycles. The van der Waals surface area contributed by atoms with Gasteiger partial charge in [-0.05, 0) is 0 Å². The summed E-state index contributed by atoms with van der Waals surface area (Å²) in [5.41, 5.74) is 0. The summed E-state index contributed by atoms with van der Waals surface area (Å²) in [7, 11) is 0. The molecule has 0 aromatic carbocycles. The molecule has 2 rings (SSSR count). The lowest BCUT2D eigenvalue weighted by Crippen LogP contribution is -2.54. The second-order valence-corrected chi connectivity index (χ2v) is 4.41. The highest BCUT2D eigenvalue weighted by Gasteiger charge is 2.29. The third-order valence-corrected chi connectivity index (χ3v) is 3.30. The van der Waals surface area contributed by atoms with Crippen molar-refractivity contribution in [2.45, 2.75) is 6.04 Å². The summed E-state index contributed by atoms with van der Waals surface area (Å²) in [6.07, 6.45) is 0. The van der Waals surface area contributed by atoms with Crippen molar-refractivity contribution >= 4 is 36.0 Å². The van der Waals surface area contributed by atoms with Crippen LogP contribution in [0.15, 0.2) is 0 Å². The van der Waals surface area contributed by atoms with E-state index >= 15 is 0 Å². The average molecular weight is 252 g/mol. The highest BCUT2D eigenvalue weighted by atomic mass is 35.5. The minimum atomic E-state index is -0.0918. The zero-order valence-electron chi connectivity index (χ0n) is 8.19. The molecule has 0 radical (unpaired) electrons. The van der Waals surface area contributed by atoms with Crippen LogP contribution in [0.25, 0.3) is 0 Å². The van der Waals surface area contributed by atoms with E-state index in [4.69, 9.17) is 0 Å². The van der Waals surface area contributed by atoms with Crippen molar-refractivity contribution in [2.75, 3.05) is 31.3 Å². The summed E-state index contributed by atoms with van der Waals surface area (Å²) in [4.78, 5) is 24.5. The first-order chi connectivity index (χ1) is 6.77. The van der Waals surface area contributed by atoms with Crippen LogP contribution in [0.5, 0.6) is 0 Å². The molecule has 0 spiro atoms. The van der Waals surface area contributed by atoms with Gasteiger partial charge in [0, 0.05) is 24.7 Å². The number of carbonyl (C=O) groups excluding carboxylic acids is 2. The lowest BCUT2D eigenvalue weighted by atomic mass is 10.2. The Labute approximate surface area is 98.7 Å². The summed E-state index contributed by atoms with van der Waals surface area (Å²) in [6.45, 7) is 1.42. The smallest absolute Gasteiger partial charge is 0.241 e. The third kappa shape index (κ3) is 2.99. The Morgan fingerprint density at radius 1 is 1.53 bits per heavy atom. The van der Waals surface area contributed by atoms with E-state index in [2.05, 4.69) is 10.6 Å². The molecular weight excluding hydrogens is 238 g/mol. The normalized spacial score (nSPS) is 25.7. The summed E-state index contributed by atoms with van der Waals surface area (Å²) in [5, 5.41) is 5.81. The van der Waals surface area contributed by atoms with E-state index in [9.17, 15) is 9.59 Å². The number of carbonyl (C=O) groups is 2. The van der Waals surface area contributed by atoms with Gasteiger partial charge in [-0.1, -0.05) is 0 Å². The number of hydrogen-bond donors (Lipinski definition) is 2. The molecule has 0 aromatic heterocycles. The largest absolute Gasteiger partial charge is 0.353 e. The molecule has 7 heteroatoms. The van der Waals surface area contributed by atoms with E-state index in [-0.39, 0.29) is 36.8 Å². The van der Waals surface area contributed by atoms with Gasteiger partial charge in [-0.15, -0.1) is 24.2 Å². The maximum Gasteiger partial charge on any atom is 0.241 e. The Hall–Kier alpha value is -0.460. The number of amides is 2. The van der Waals surface area contributed by atoms with Crippen LogP contribution in [0.1, 0.15) is 0 Å². The van der Waals surface area contributed by atoms with Crippen molar-refractivity contribution in [2.24, 2.45) is 0 Å². The minimum Gasteiger partial charge on any atom is -0.353 e. The van der Waals surface area contributed by atoms with Gasteiger partial charge in [-0.25, -0.2) is 0 Å². The molecule has 2 aliphatic rings. The molecule has 2 amide bonds. The molecule has 1 atom stereocenters. The fraction of sp³-hybridized carbons (Fsp3) is 0.750. The fourth-order valence-electron chi connectivity index (χ4n) is 1.60. The van der Waals surface area contributed by atoms with Crippen LogP contribution in [0, 0.1) is 0 Å². The standard InChI is InChI=1S/C8H13N3O2S.ClH/c12-7-3-11(2-1-9-7)8(13)6-4-14-5-10-6;/h6,10H,1-5H2,(H,9,12);1H. The number of nitrogens with zero attached hydrogens (tertiary/aromatic N) is 1. The Balaban J connectivity index is 0.00000112. The molecule has 5 nitrogen and oxygen atoms in total. The van der Waals surface area contributed by atoms with Gasteiger partial charge >= 0.3 is 0 Å². The predicted molar refractivity (Wildman–Crippen MR) is 61.1 cm³/mol. The first-order valence-electron chi connectivity index (χ1n) is 4.64. The molecule has 1 unspecified atom stereocenters. The zero-order chi connectivity index (χ0) is 9.97. The predicted octanol–water partition coefficient (Wildman–Crippen LogP) is -0.971. The molecule has 0 bridgehead atoms. The molecule has 0 aliphatic carbocycles. The molecule has 0 aromatic rings. The molecule has 86 valence electrons. The number of rotatable bonds is 1.